The van der Waals surface area contributed by atoms with Crippen LogP contribution in [0, 0.1) is 6.92 Å². The fourth-order valence-corrected chi connectivity index (χ4v) is 3.08. The van der Waals surface area contributed by atoms with Crippen molar-refractivity contribution in [1.82, 2.24) is 9.97 Å². The lowest BCUT2D eigenvalue weighted by atomic mass is 10.1. The highest BCUT2D eigenvalue weighted by molar-refractivity contribution is 5.94. The van der Waals surface area contributed by atoms with E-state index in [9.17, 15) is 4.79 Å². The SMILES string of the molecule is COc1ccc(-c2nc3ccccc3[nH]2)cc1NC(=O)COc1cccc(C)c1. The molecule has 0 fully saturated rings. The number of para-hydroxylation sites is 2. The van der Waals surface area contributed by atoms with E-state index in [1.807, 2.05) is 67.6 Å². The van der Waals surface area contributed by atoms with E-state index in [4.69, 9.17) is 9.47 Å². The van der Waals surface area contributed by atoms with Crippen molar-refractivity contribution in [1.29, 1.82) is 0 Å². The number of ether oxygens (including phenoxy) is 2. The minimum atomic E-state index is -0.272. The first kappa shape index (κ1) is 18.6. The van der Waals surface area contributed by atoms with Crippen molar-refractivity contribution in [3.05, 3.63) is 72.3 Å². The van der Waals surface area contributed by atoms with Gasteiger partial charge in [-0.3, -0.25) is 4.79 Å². The van der Waals surface area contributed by atoms with Gasteiger partial charge in [0.05, 0.1) is 23.8 Å². The molecule has 29 heavy (non-hydrogen) atoms. The number of anilines is 1. The molecule has 2 N–H and O–H groups in total. The molecular weight excluding hydrogens is 366 g/mol. The Morgan fingerprint density at radius 1 is 1.07 bits per heavy atom. The maximum Gasteiger partial charge on any atom is 0.262 e. The number of imidazole rings is 1. The Labute approximate surface area is 168 Å². The van der Waals surface area contributed by atoms with Gasteiger partial charge in [0.15, 0.2) is 6.61 Å². The van der Waals surface area contributed by atoms with Crippen molar-refractivity contribution < 1.29 is 14.3 Å². The number of carbonyl (C=O) groups excluding carboxylic acids is 1. The molecule has 4 rings (SSSR count). The average Bonchev–Trinajstić information content (AvgIpc) is 3.17. The second-order valence-corrected chi connectivity index (χ2v) is 6.67. The van der Waals surface area contributed by atoms with Crippen LogP contribution in [0.15, 0.2) is 66.7 Å². The smallest absolute Gasteiger partial charge is 0.262 e. The molecule has 146 valence electrons. The summed E-state index contributed by atoms with van der Waals surface area (Å²) in [5.41, 5.74) is 4.31. The molecule has 0 aliphatic carbocycles. The minimum absolute atomic E-state index is 0.0958. The Morgan fingerprint density at radius 2 is 1.93 bits per heavy atom. The molecule has 0 bridgehead atoms. The van der Waals surface area contributed by atoms with E-state index in [1.165, 1.54) is 0 Å². The number of amides is 1. The van der Waals surface area contributed by atoms with Crippen molar-refractivity contribution in [2.24, 2.45) is 0 Å². The van der Waals surface area contributed by atoms with Gasteiger partial charge in [0.1, 0.15) is 17.3 Å². The van der Waals surface area contributed by atoms with Crippen LogP contribution in [0.5, 0.6) is 11.5 Å². The summed E-state index contributed by atoms with van der Waals surface area (Å²) in [5, 5.41) is 2.86. The highest BCUT2D eigenvalue weighted by Gasteiger charge is 2.12. The van der Waals surface area contributed by atoms with Crippen LogP contribution in [0.2, 0.25) is 0 Å². The number of aryl methyl sites for hydroxylation is 1. The lowest BCUT2D eigenvalue weighted by Gasteiger charge is -2.12. The molecule has 6 heteroatoms. The van der Waals surface area contributed by atoms with Crippen LogP contribution < -0.4 is 14.8 Å². The number of aromatic amines is 1. The number of H-pyrrole nitrogens is 1. The fraction of sp³-hybridized carbons (Fsp3) is 0.130. The zero-order chi connectivity index (χ0) is 20.2. The van der Waals surface area contributed by atoms with Crippen molar-refractivity contribution in [3.63, 3.8) is 0 Å². The van der Waals surface area contributed by atoms with Gasteiger partial charge < -0.3 is 19.8 Å². The zero-order valence-electron chi connectivity index (χ0n) is 16.2. The number of benzene rings is 3. The summed E-state index contributed by atoms with van der Waals surface area (Å²) < 4.78 is 11.0. The van der Waals surface area contributed by atoms with Crippen LogP contribution in [0.3, 0.4) is 0 Å². The lowest BCUT2D eigenvalue weighted by Crippen LogP contribution is -2.20. The van der Waals surface area contributed by atoms with Crippen molar-refractivity contribution >= 4 is 22.6 Å². The predicted octanol–water partition coefficient (Wildman–Crippen LogP) is 4.56. The molecule has 0 saturated carbocycles. The summed E-state index contributed by atoms with van der Waals surface area (Å²) in [7, 11) is 1.56. The summed E-state index contributed by atoms with van der Waals surface area (Å²) in [5.74, 6) is 1.67. The van der Waals surface area contributed by atoms with Crippen LogP contribution in [0.25, 0.3) is 22.4 Å². The quantitative estimate of drug-likeness (QED) is 0.508. The third kappa shape index (κ3) is 4.21. The molecule has 1 heterocycles. The minimum Gasteiger partial charge on any atom is -0.495 e. The summed E-state index contributed by atoms with van der Waals surface area (Å²) in [6.45, 7) is 1.88. The highest BCUT2D eigenvalue weighted by atomic mass is 16.5. The van der Waals surface area contributed by atoms with Gasteiger partial charge in [-0.25, -0.2) is 4.98 Å². The largest absolute Gasteiger partial charge is 0.495 e. The van der Waals surface area contributed by atoms with Gasteiger partial charge in [0.25, 0.3) is 5.91 Å². The molecule has 0 aliphatic rings. The van der Waals surface area contributed by atoms with Gasteiger partial charge in [0, 0.05) is 5.56 Å². The standard InChI is InChI=1S/C23H21N3O3/c1-15-6-5-7-17(12-15)29-14-22(27)24-20-13-16(10-11-21(20)28-2)23-25-18-8-3-4-9-19(18)26-23/h3-13H,14H2,1-2H3,(H,24,27)(H,25,26). The van der Waals surface area contributed by atoms with Gasteiger partial charge in [-0.2, -0.15) is 0 Å². The fourth-order valence-electron chi connectivity index (χ4n) is 3.08. The maximum atomic E-state index is 12.4. The van der Waals surface area contributed by atoms with Crippen molar-refractivity contribution in [2.45, 2.75) is 6.92 Å². The zero-order valence-corrected chi connectivity index (χ0v) is 16.2. The number of nitrogens with one attached hydrogen (secondary N) is 2. The van der Waals surface area contributed by atoms with Crippen LogP contribution in [0.4, 0.5) is 5.69 Å². The van der Waals surface area contributed by atoms with Crippen LogP contribution in [-0.2, 0) is 4.79 Å². The molecule has 0 radical (unpaired) electrons. The molecule has 0 aliphatic heterocycles. The lowest BCUT2D eigenvalue weighted by molar-refractivity contribution is -0.118. The van der Waals surface area contributed by atoms with E-state index in [-0.39, 0.29) is 12.5 Å². The Balaban J connectivity index is 1.52. The molecule has 0 atom stereocenters. The van der Waals surface area contributed by atoms with E-state index < -0.39 is 0 Å². The number of fused-ring (bicyclic) bond motifs is 1. The number of aromatic nitrogens is 2. The Bertz CT molecular complexity index is 1130. The van der Waals surface area contributed by atoms with E-state index in [0.717, 1.165) is 28.0 Å². The molecule has 0 saturated heterocycles. The molecule has 0 spiro atoms. The summed E-state index contributed by atoms with van der Waals surface area (Å²) in [4.78, 5) is 20.3. The van der Waals surface area contributed by atoms with E-state index >= 15 is 0 Å². The van der Waals surface area contributed by atoms with Gasteiger partial charge >= 0.3 is 0 Å². The molecule has 1 aromatic heterocycles. The molecule has 6 nitrogen and oxygen atoms in total. The van der Waals surface area contributed by atoms with Crippen LogP contribution >= 0.6 is 0 Å². The van der Waals surface area contributed by atoms with Crippen LogP contribution in [-0.4, -0.2) is 29.6 Å². The molecule has 0 unspecified atom stereocenters. The molecule has 1 amide bonds. The van der Waals surface area contributed by atoms with Gasteiger partial charge in [-0.05, 0) is 55.0 Å². The number of hydrogen-bond acceptors (Lipinski definition) is 4. The first-order chi connectivity index (χ1) is 14.1. The second kappa shape index (κ2) is 8.06. The number of carbonyl (C=O) groups is 1. The summed E-state index contributed by atoms with van der Waals surface area (Å²) in [6, 6.07) is 20.9. The topological polar surface area (TPSA) is 76.2 Å². The normalized spacial score (nSPS) is 10.7. The summed E-state index contributed by atoms with van der Waals surface area (Å²) in [6.07, 6.45) is 0. The number of nitrogens with zero attached hydrogens (tertiary/aromatic N) is 1. The monoisotopic (exact) mass is 387 g/mol. The Morgan fingerprint density at radius 3 is 2.72 bits per heavy atom. The van der Waals surface area contributed by atoms with E-state index in [0.29, 0.717) is 17.2 Å². The average molecular weight is 387 g/mol. The number of hydrogen-bond donors (Lipinski definition) is 2. The Hall–Kier alpha value is -3.80. The van der Waals surface area contributed by atoms with Gasteiger partial charge in [0.2, 0.25) is 0 Å². The second-order valence-electron chi connectivity index (χ2n) is 6.67. The summed E-state index contributed by atoms with van der Waals surface area (Å²) >= 11 is 0. The molecule has 3 aromatic carbocycles. The van der Waals surface area contributed by atoms with Crippen LogP contribution in [0.1, 0.15) is 5.56 Å². The molecule has 4 aromatic rings. The maximum absolute atomic E-state index is 12.4. The molecular formula is C23H21N3O3. The number of rotatable bonds is 6. The first-order valence-electron chi connectivity index (χ1n) is 9.25. The van der Waals surface area contributed by atoms with E-state index in [2.05, 4.69) is 15.3 Å². The third-order valence-electron chi connectivity index (χ3n) is 4.50. The third-order valence-corrected chi connectivity index (χ3v) is 4.50. The van der Waals surface area contributed by atoms with Gasteiger partial charge in [-0.1, -0.05) is 24.3 Å². The number of methoxy groups -OCH3 is 1. The predicted molar refractivity (Wildman–Crippen MR) is 113 cm³/mol. The van der Waals surface area contributed by atoms with Gasteiger partial charge in [-0.15, -0.1) is 0 Å². The van der Waals surface area contributed by atoms with Crippen molar-refractivity contribution in [3.8, 4) is 22.9 Å². The Kier molecular flexibility index (Phi) is 5.16. The highest BCUT2D eigenvalue weighted by Crippen LogP contribution is 2.30. The van der Waals surface area contributed by atoms with E-state index in [1.54, 1.807) is 13.2 Å². The van der Waals surface area contributed by atoms with Crippen molar-refractivity contribution in [2.75, 3.05) is 19.0 Å². The first-order valence-corrected chi connectivity index (χ1v) is 9.25.